The van der Waals surface area contributed by atoms with Crippen molar-refractivity contribution in [1.82, 2.24) is 0 Å². The Labute approximate surface area is 176 Å². The second-order valence-corrected chi connectivity index (χ2v) is 8.44. The number of hydrogen-bond donors (Lipinski definition) is 2. The maximum absolute atomic E-state index is 11.6. The quantitative estimate of drug-likeness (QED) is 0.709. The SMILES string of the molecule is COc1cc(=O)oc(/C=C/C=C/C=C\[C@]2(C)O[C@]3(C)[C@@H](O)[C@@](C)(O[C@@H]3C)[C@@H]2O)c1C. The van der Waals surface area contributed by atoms with Gasteiger partial charge in [-0.15, -0.1) is 0 Å². The molecule has 1 aromatic heterocycles. The van der Waals surface area contributed by atoms with Crippen LogP contribution in [-0.2, 0) is 9.47 Å². The van der Waals surface area contributed by atoms with Crippen molar-refractivity contribution in [3.63, 3.8) is 0 Å². The minimum absolute atomic E-state index is 0.360. The van der Waals surface area contributed by atoms with Crippen molar-refractivity contribution in [1.29, 1.82) is 0 Å². The van der Waals surface area contributed by atoms with Gasteiger partial charge >= 0.3 is 5.63 Å². The van der Waals surface area contributed by atoms with Crippen molar-refractivity contribution in [3.8, 4) is 5.75 Å². The van der Waals surface area contributed by atoms with E-state index in [1.54, 1.807) is 64.2 Å². The summed E-state index contributed by atoms with van der Waals surface area (Å²) < 4.78 is 22.4. The fourth-order valence-corrected chi connectivity index (χ4v) is 4.37. The topological polar surface area (TPSA) is 98.4 Å². The maximum atomic E-state index is 11.6. The lowest BCUT2D eigenvalue weighted by atomic mass is 9.73. The molecular formula is C23H30O7. The van der Waals surface area contributed by atoms with E-state index in [2.05, 4.69) is 0 Å². The van der Waals surface area contributed by atoms with Crippen molar-refractivity contribution in [3.05, 3.63) is 58.2 Å². The minimum atomic E-state index is -1.11. The molecule has 2 bridgehead atoms. The standard InChI is InChI=1S/C23H30O7/c1-14-16(28-18(24)13-17(14)27-6)11-9-7-8-10-12-21(3)19(25)23(5)20(26)22(4,30-21)15(2)29-23/h7-13,15,19-20,25-26H,1-6H3/b8-7+,11-9+,12-10-/t15-,19-,20-,21+,22+,23+/m1/s1. The summed E-state index contributed by atoms with van der Waals surface area (Å²) in [6, 6.07) is 1.30. The molecule has 30 heavy (non-hydrogen) atoms. The van der Waals surface area contributed by atoms with Crippen molar-refractivity contribution in [2.24, 2.45) is 0 Å². The predicted octanol–water partition coefficient (Wildman–Crippen LogP) is 2.53. The van der Waals surface area contributed by atoms with E-state index >= 15 is 0 Å². The molecule has 0 amide bonds. The Balaban J connectivity index is 1.74. The molecule has 0 aliphatic carbocycles. The second kappa shape index (κ2) is 7.81. The lowest BCUT2D eigenvalue weighted by molar-refractivity contribution is -0.261. The Bertz CT molecular complexity index is 945. The van der Waals surface area contributed by atoms with Crippen LogP contribution in [-0.4, -0.2) is 52.4 Å². The van der Waals surface area contributed by atoms with E-state index in [0.29, 0.717) is 11.5 Å². The predicted molar refractivity (Wildman–Crippen MR) is 112 cm³/mol. The van der Waals surface area contributed by atoms with E-state index in [4.69, 9.17) is 18.6 Å². The molecule has 1 aromatic rings. The highest BCUT2D eigenvalue weighted by molar-refractivity contribution is 5.52. The Morgan fingerprint density at radius 2 is 1.73 bits per heavy atom. The van der Waals surface area contributed by atoms with Gasteiger partial charge in [-0.3, -0.25) is 0 Å². The van der Waals surface area contributed by atoms with Crippen LogP contribution in [0, 0.1) is 6.92 Å². The van der Waals surface area contributed by atoms with E-state index in [-0.39, 0.29) is 6.10 Å². The smallest absolute Gasteiger partial charge is 0.339 e. The number of allylic oxidation sites excluding steroid dienone is 4. The summed E-state index contributed by atoms with van der Waals surface area (Å²) in [5.74, 6) is 0.893. The van der Waals surface area contributed by atoms with Gasteiger partial charge in [0.05, 0.1) is 19.3 Å². The van der Waals surface area contributed by atoms with E-state index in [9.17, 15) is 15.0 Å². The van der Waals surface area contributed by atoms with Crippen molar-refractivity contribution >= 4 is 6.08 Å². The molecule has 2 N–H and O–H groups in total. The first-order valence-electron chi connectivity index (χ1n) is 9.93. The zero-order valence-corrected chi connectivity index (χ0v) is 18.2. The van der Waals surface area contributed by atoms with Gasteiger partial charge in [0.1, 0.15) is 40.5 Å². The summed E-state index contributed by atoms with van der Waals surface area (Å²) in [6.45, 7) is 8.92. The number of fused-ring (bicyclic) bond motifs is 2. The zero-order valence-electron chi connectivity index (χ0n) is 18.2. The molecule has 3 rings (SSSR count). The van der Waals surface area contributed by atoms with Crippen LogP contribution in [0.3, 0.4) is 0 Å². The Morgan fingerprint density at radius 1 is 1.07 bits per heavy atom. The van der Waals surface area contributed by atoms with Gasteiger partial charge in [-0.1, -0.05) is 30.4 Å². The highest BCUT2D eigenvalue weighted by Gasteiger charge is 2.70. The van der Waals surface area contributed by atoms with Crippen LogP contribution in [0.1, 0.15) is 39.0 Å². The summed E-state index contributed by atoms with van der Waals surface area (Å²) in [4.78, 5) is 11.6. The Morgan fingerprint density at radius 3 is 2.40 bits per heavy atom. The molecule has 0 aromatic carbocycles. The molecule has 6 atom stereocenters. The third-order valence-electron chi connectivity index (χ3n) is 6.28. The van der Waals surface area contributed by atoms with Crippen LogP contribution < -0.4 is 10.4 Å². The molecule has 7 nitrogen and oxygen atoms in total. The summed E-state index contributed by atoms with van der Waals surface area (Å²) in [6.07, 6.45) is 8.11. The van der Waals surface area contributed by atoms with Crippen molar-refractivity contribution in [2.75, 3.05) is 7.11 Å². The largest absolute Gasteiger partial charge is 0.496 e. The summed E-state index contributed by atoms with van der Waals surface area (Å²) in [7, 11) is 1.50. The average Bonchev–Trinajstić information content (AvgIpc) is 2.82. The number of ether oxygens (including phenoxy) is 3. The van der Waals surface area contributed by atoms with Gasteiger partial charge in [-0.25, -0.2) is 4.79 Å². The van der Waals surface area contributed by atoms with Gasteiger partial charge in [0.25, 0.3) is 0 Å². The fraction of sp³-hybridized carbons (Fsp3) is 0.522. The van der Waals surface area contributed by atoms with Crippen LogP contribution in [0.4, 0.5) is 0 Å². The molecule has 2 aliphatic rings. The molecule has 2 fully saturated rings. The molecule has 164 valence electrons. The lowest BCUT2D eigenvalue weighted by Gasteiger charge is -2.51. The number of rotatable bonds is 5. The molecule has 2 saturated heterocycles. The summed E-state index contributed by atoms with van der Waals surface area (Å²) in [5.41, 5.74) is -2.81. The Hall–Kier alpha value is -2.19. The van der Waals surface area contributed by atoms with Crippen LogP contribution >= 0.6 is 0 Å². The number of methoxy groups -OCH3 is 1. The first-order chi connectivity index (χ1) is 14.0. The average molecular weight is 418 g/mol. The van der Waals surface area contributed by atoms with Gasteiger partial charge in [0.15, 0.2) is 0 Å². The molecule has 0 radical (unpaired) electrons. The first-order valence-corrected chi connectivity index (χ1v) is 9.93. The molecule has 0 spiro atoms. The molecule has 3 heterocycles. The Kier molecular flexibility index (Phi) is 5.86. The van der Waals surface area contributed by atoms with Crippen LogP contribution in [0.5, 0.6) is 5.75 Å². The van der Waals surface area contributed by atoms with Crippen LogP contribution in [0.2, 0.25) is 0 Å². The highest BCUT2D eigenvalue weighted by atomic mass is 16.6. The van der Waals surface area contributed by atoms with Gasteiger partial charge in [0, 0.05) is 5.56 Å². The third kappa shape index (κ3) is 3.56. The monoisotopic (exact) mass is 418 g/mol. The van der Waals surface area contributed by atoms with Crippen LogP contribution in [0.15, 0.2) is 45.7 Å². The maximum Gasteiger partial charge on any atom is 0.339 e. The molecular weight excluding hydrogens is 388 g/mol. The summed E-state index contributed by atoms with van der Waals surface area (Å²) in [5, 5.41) is 21.5. The first kappa shape index (κ1) is 22.5. The molecule has 7 heteroatoms. The third-order valence-corrected chi connectivity index (χ3v) is 6.28. The van der Waals surface area contributed by atoms with Gasteiger partial charge in [0.2, 0.25) is 0 Å². The number of aliphatic hydroxyl groups is 2. The van der Waals surface area contributed by atoms with E-state index in [1.165, 1.54) is 13.2 Å². The molecule has 0 saturated carbocycles. The second-order valence-electron chi connectivity index (χ2n) is 8.44. The van der Waals surface area contributed by atoms with E-state index in [0.717, 1.165) is 5.56 Å². The molecule has 0 unspecified atom stereocenters. The highest BCUT2D eigenvalue weighted by Crippen LogP contribution is 2.52. The van der Waals surface area contributed by atoms with Crippen LogP contribution in [0.25, 0.3) is 6.08 Å². The van der Waals surface area contributed by atoms with E-state index in [1.807, 2.05) is 6.92 Å². The van der Waals surface area contributed by atoms with Gasteiger partial charge in [-0.2, -0.15) is 0 Å². The zero-order chi connectivity index (χ0) is 22.3. The number of aliphatic hydroxyl groups excluding tert-OH is 2. The normalized spacial score (nSPS) is 38.9. The number of hydrogen-bond acceptors (Lipinski definition) is 7. The fourth-order valence-electron chi connectivity index (χ4n) is 4.37. The molecule has 2 aliphatic heterocycles. The van der Waals surface area contributed by atoms with Gasteiger partial charge in [-0.05, 0) is 40.7 Å². The van der Waals surface area contributed by atoms with Gasteiger partial charge < -0.3 is 28.8 Å². The van der Waals surface area contributed by atoms with Crippen molar-refractivity contribution < 1.29 is 28.8 Å². The summed E-state index contributed by atoms with van der Waals surface area (Å²) >= 11 is 0. The lowest BCUT2D eigenvalue weighted by Crippen LogP contribution is -2.69. The minimum Gasteiger partial charge on any atom is -0.496 e. The van der Waals surface area contributed by atoms with Crippen molar-refractivity contribution in [2.45, 2.75) is 69.7 Å². The van der Waals surface area contributed by atoms with E-state index < -0.39 is 34.6 Å².